The molecule has 1 heterocycles. The molecule has 0 N–H and O–H groups in total. The van der Waals surface area contributed by atoms with E-state index in [1.54, 1.807) is 22.3 Å². The van der Waals surface area contributed by atoms with Crippen molar-refractivity contribution in [2.75, 3.05) is 0 Å². The van der Waals surface area contributed by atoms with Crippen LogP contribution < -0.4 is 24.8 Å². The minimum atomic E-state index is -2.60. The van der Waals surface area contributed by atoms with E-state index in [9.17, 15) is 0 Å². The van der Waals surface area contributed by atoms with Crippen LogP contribution in [-0.2, 0) is 33.1 Å². The molecule has 1 fully saturated rings. The van der Waals surface area contributed by atoms with Crippen LogP contribution in [0.1, 0.15) is 68.3 Å². The minimum absolute atomic E-state index is 0. The summed E-state index contributed by atoms with van der Waals surface area (Å²) in [6, 6.07) is 32.8. The van der Waals surface area contributed by atoms with E-state index < -0.39 is 20.3 Å². The molecule has 4 aromatic rings. The smallest absolute Gasteiger partial charge is 1.00 e. The first-order valence-corrected chi connectivity index (χ1v) is 21.2. The van der Waals surface area contributed by atoms with E-state index in [0.717, 1.165) is 12.8 Å². The Morgan fingerprint density at radius 2 is 0.951 bits per heavy atom. The van der Waals surface area contributed by atoms with Crippen molar-refractivity contribution in [1.29, 1.82) is 0 Å². The Balaban J connectivity index is 0.00000169. The van der Waals surface area contributed by atoms with Crippen molar-refractivity contribution in [3.8, 4) is 22.3 Å². The number of hydrogen-bond donors (Lipinski definition) is 0. The molecule has 0 aromatic heterocycles. The van der Waals surface area contributed by atoms with Gasteiger partial charge >= 0.3 is 240 Å². The molecule has 1 saturated heterocycles. The fourth-order valence-electron chi connectivity index (χ4n) is 7.86. The summed E-state index contributed by atoms with van der Waals surface area (Å²) >= 11 is -2.60. The molecular formula is C38H38Cl2Zr. The third-order valence-electron chi connectivity index (χ3n) is 9.88. The van der Waals surface area contributed by atoms with Gasteiger partial charge in [0.2, 0.25) is 0 Å². The summed E-state index contributed by atoms with van der Waals surface area (Å²) in [4.78, 5) is 0. The van der Waals surface area contributed by atoms with Crippen molar-refractivity contribution in [3.63, 3.8) is 0 Å². The number of rotatable bonds is 6. The van der Waals surface area contributed by atoms with E-state index in [2.05, 4.69) is 125 Å². The van der Waals surface area contributed by atoms with Crippen LogP contribution in [0.15, 0.2) is 96.1 Å². The first-order chi connectivity index (χ1) is 19.0. The predicted molar refractivity (Wildman–Crippen MR) is 165 cm³/mol. The van der Waals surface area contributed by atoms with Crippen LogP contribution in [0, 0.1) is 0 Å². The molecule has 0 spiro atoms. The summed E-state index contributed by atoms with van der Waals surface area (Å²) in [6.45, 7) is 9.34. The van der Waals surface area contributed by atoms with Crippen molar-refractivity contribution in [3.05, 3.63) is 129 Å². The number of benzene rings is 4. The topological polar surface area (TPSA) is 0 Å². The van der Waals surface area contributed by atoms with Crippen LogP contribution in [0.4, 0.5) is 0 Å². The molecule has 2 aliphatic carbocycles. The zero-order chi connectivity index (χ0) is 26.7. The second-order valence-electron chi connectivity index (χ2n) is 12.1. The normalized spacial score (nSPS) is 18.5. The molecule has 0 saturated carbocycles. The Morgan fingerprint density at radius 1 is 0.561 bits per heavy atom. The SMILES string of the molecule is CCc1ccc(-c2cccc3c2C=C(C)[CH]3[Zr+2]2([CH]3C(C)=Cc4c(-c5ccc(CC)cc5)cccc43)[CH2][CH2]2)cc1.[Cl-].[Cl-]. The van der Waals surface area contributed by atoms with E-state index in [-0.39, 0.29) is 24.8 Å². The molecule has 0 nitrogen and oxygen atoms in total. The monoisotopic (exact) mass is 654 g/mol. The van der Waals surface area contributed by atoms with Crippen LogP contribution in [0.3, 0.4) is 0 Å². The third kappa shape index (κ3) is 4.97. The molecule has 0 bridgehead atoms. The van der Waals surface area contributed by atoms with Crippen molar-refractivity contribution < 1.29 is 45.1 Å². The summed E-state index contributed by atoms with van der Waals surface area (Å²) in [5.41, 5.74) is 17.9. The molecule has 3 aliphatic rings. The fourth-order valence-corrected chi connectivity index (χ4v) is 25.6. The zero-order valence-electron chi connectivity index (χ0n) is 24.5. The van der Waals surface area contributed by atoms with Crippen molar-refractivity contribution >= 4 is 12.2 Å². The van der Waals surface area contributed by atoms with Gasteiger partial charge in [-0.2, -0.15) is 0 Å². The third-order valence-corrected chi connectivity index (χ3v) is 23.4. The van der Waals surface area contributed by atoms with Gasteiger partial charge in [-0.15, -0.1) is 0 Å². The maximum absolute atomic E-state index is 2.60. The predicted octanol–water partition coefficient (Wildman–Crippen LogP) is 4.77. The Morgan fingerprint density at radius 3 is 1.29 bits per heavy atom. The Hall–Kier alpha value is -2.18. The van der Waals surface area contributed by atoms with Crippen molar-refractivity contribution in [1.82, 2.24) is 0 Å². The molecule has 2 unspecified atom stereocenters. The van der Waals surface area contributed by atoms with Gasteiger partial charge in [0.1, 0.15) is 0 Å². The van der Waals surface area contributed by atoms with Crippen LogP contribution in [0.2, 0.25) is 8.26 Å². The average molecular weight is 657 g/mol. The van der Waals surface area contributed by atoms with Gasteiger partial charge < -0.3 is 24.8 Å². The summed E-state index contributed by atoms with van der Waals surface area (Å²) in [5.74, 6) is 0. The van der Waals surface area contributed by atoms with Gasteiger partial charge in [-0.3, -0.25) is 0 Å². The second kappa shape index (κ2) is 11.8. The van der Waals surface area contributed by atoms with Crippen LogP contribution in [-0.4, -0.2) is 0 Å². The van der Waals surface area contributed by atoms with Crippen molar-refractivity contribution in [2.45, 2.75) is 56.0 Å². The van der Waals surface area contributed by atoms with Gasteiger partial charge in [0.05, 0.1) is 0 Å². The maximum Gasteiger partial charge on any atom is -1.00 e. The van der Waals surface area contributed by atoms with E-state index in [1.165, 1.54) is 52.8 Å². The van der Waals surface area contributed by atoms with Gasteiger partial charge in [0.25, 0.3) is 0 Å². The molecule has 1 aliphatic heterocycles. The van der Waals surface area contributed by atoms with Gasteiger partial charge in [0, 0.05) is 0 Å². The first-order valence-electron chi connectivity index (χ1n) is 14.8. The number of halogens is 2. The summed E-state index contributed by atoms with van der Waals surface area (Å²) < 4.78 is 4.39. The quantitative estimate of drug-likeness (QED) is 0.281. The van der Waals surface area contributed by atoms with Gasteiger partial charge in [-0.25, -0.2) is 0 Å². The van der Waals surface area contributed by atoms with E-state index in [0.29, 0.717) is 7.25 Å². The van der Waals surface area contributed by atoms with Crippen LogP contribution >= 0.6 is 0 Å². The number of fused-ring (bicyclic) bond motifs is 2. The summed E-state index contributed by atoms with van der Waals surface area (Å²) in [6.07, 6.45) is 7.29. The van der Waals surface area contributed by atoms with E-state index >= 15 is 0 Å². The standard InChI is InChI=1S/2C18H17.C2H4.2ClH.Zr/c2*1-3-14-7-9-15(10-8-14)17-6-4-5-16-11-13(2)12-18(16)17;1-2;;;/h2*4-12H,3H2,1-2H3;1-2H2;2*1H;/q;;;;;+2/p-2. The molecule has 3 heteroatoms. The molecular weight excluding hydrogens is 619 g/mol. The van der Waals surface area contributed by atoms with E-state index in [4.69, 9.17) is 0 Å². The number of aryl methyl sites for hydroxylation is 2. The van der Waals surface area contributed by atoms with Gasteiger partial charge in [0.15, 0.2) is 0 Å². The molecule has 0 radical (unpaired) electrons. The van der Waals surface area contributed by atoms with E-state index in [1.807, 2.05) is 0 Å². The Bertz CT molecular complexity index is 1520. The molecule has 208 valence electrons. The van der Waals surface area contributed by atoms with Crippen LogP contribution in [0.25, 0.3) is 34.4 Å². The molecule has 2 atom stereocenters. The number of allylic oxidation sites excluding steroid dienone is 2. The molecule has 4 aromatic carbocycles. The minimum Gasteiger partial charge on any atom is -1.00 e. The Labute approximate surface area is 263 Å². The van der Waals surface area contributed by atoms with Crippen LogP contribution in [0.5, 0.6) is 0 Å². The van der Waals surface area contributed by atoms with Gasteiger partial charge in [-0.1, -0.05) is 0 Å². The fraction of sp³-hybridized carbons (Fsp3) is 0.263. The molecule has 41 heavy (non-hydrogen) atoms. The summed E-state index contributed by atoms with van der Waals surface area (Å²) in [5, 5.41) is 0. The summed E-state index contributed by atoms with van der Waals surface area (Å²) in [7, 11) is 0. The van der Waals surface area contributed by atoms with Gasteiger partial charge in [-0.05, 0) is 0 Å². The molecule has 7 rings (SSSR count). The largest absolute Gasteiger partial charge is 1.00 e. The Kier molecular flexibility index (Phi) is 8.74. The average Bonchev–Trinajstić information content (AvgIpc) is 3.55. The number of hydrogen-bond acceptors (Lipinski definition) is 0. The maximum atomic E-state index is 2.56. The first kappa shape index (κ1) is 30.3. The van der Waals surface area contributed by atoms with Crippen molar-refractivity contribution in [2.24, 2.45) is 0 Å². The molecule has 0 amide bonds. The second-order valence-corrected chi connectivity index (χ2v) is 23.5. The zero-order valence-corrected chi connectivity index (χ0v) is 28.4.